The van der Waals surface area contributed by atoms with E-state index in [9.17, 15) is 0 Å². The van der Waals surface area contributed by atoms with E-state index in [1.807, 2.05) is 0 Å². The molecule has 2 unspecified atom stereocenters. The molecule has 2 fully saturated rings. The molecule has 2 aliphatic rings. The molecule has 0 bridgehead atoms. The Morgan fingerprint density at radius 3 is 2.63 bits per heavy atom. The largest absolute Gasteiger partial charge is 0.357 e. The smallest absolute Gasteiger partial charge is 0.140 e. The molecule has 1 aromatic rings. The Morgan fingerprint density at radius 1 is 1.21 bits per heavy atom. The van der Waals surface area contributed by atoms with Crippen LogP contribution in [0.5, 0.6) is 0 Å². The first-order valence-electron chi connectivity index (χ1n) is 7.00. The first-order valence-corrected chi connectivity index (χ1v) is 7.47. The maximum Gasteiger partial charge on any atom is 0.140 e. The van der Waals surface area contributed by atoms with E-state index in [2.05, 4.69) is 40.5 Å². The molecule has 0 saturated carbocycles. The van der Waals surface area contributed by atoms with Crippen molar-refractivity contribution in [3.63, 3.8) is 0 Å². The van der Waals surface area contributed by atoms with Crippen molar-refractivity contribution in [2.24, 2.45) is 0 Å². The molecule has 102 valence electrons. The zero-order valence-electron chi connectivity index (χ0n) is 11.0. The SMILES string of the molecule is S=CC1OCC(c2ccccc2)N1C1CCNCC1. The van der Waals surface area contributed by atoms with Crippen molar-refractivity contribution >= 4 is 17.6 Å². The van der Waals surface area contributed by atoms with Gasteiger partial charge in [0.05, 0.1) is 12.6 Å². The first kappa shape index (κ1) is 13.2. The number of nitrogens with zero attached hydrogens (tertiary/aromatic N) is 1. The van der Waals surface area contributed by atoms with Crippen LogP contribution in [0.25, 0.3) is 0 Å². The van der Waals surface area contributed by atoms with E-state index in [4.69, 9.17) is 17.0 Å². The van der Waals surface area contributed by atoms with E-state index in [1.165, 1.54) is 18.4 Å². The van der Waals surface area contributed by atoms with E-state index in [0.29, 0.717) is 12.1 Å². The average molecular weight is 276 g/mol. The molecule has 1 N–H and O–H groups in total. The molecule has 3 nitrogen and oxygen atoms in total. The van der Waals surface area contributed by atoms with E-state index in [0.717, 1.165) is 19.7 Å². The van der Waals surface area contributed by atoms with Crippen molar-refractivity contribution < 1.29 is 4.74 Å². The topological polar surface area (TPSA) is 24.5 Å². The Kier molecular flexibility index (Phi) is 4.23. The molecule has 3 rings (SSSR count). The fraction of sp³-hybridized carbons (Fsp3) is 0.533. The molecule has 2 saturated heterocycles. The normalized spacial score (nSPS) is 29.5. The third-order valence-electron chi connectivity index (χ3n) is 4.11. The number of hydrogen-bond acceptors (Lipinski definition) is 4. The van der Waals surface area contributed by atoms with Gasteiger partial charge in [0.2, 0.25) is 0 Å². The molecule has 0 spiro atoms. The molecule has 0 aliphatic carbocycles. The summed E-state index contributed by atoms with van der Waals surface area (Å²) in [6, 6.07) is 11.5. The standard InChI is InChI=1S/C15H20N2OS/c19-11-15-17(13-6-8-16-9-7-13)14(10-18-15)12-4-2-1-3-5-12/h1-5,11,13-16H,6-10H2. The zero-order chi connectivity index (χ0) is 13.1. The van der Waals surface area contributed by atoms with E-state index in [1.54, 1.807) is 5.37 Å². The van der Waals surface area contributed by atoms with Crippen LogP contribution in [-0.4, -0.2) is 42.2 Å². The van der Waals surface area contributed by atoms with Crippen LogP contribution < -0.4 is 5.32 Å². The molecule has 0 aromatic heterocycles. The lowest BCUT2D eigenvalue weighted by atomic mass is 9.99. The van der Waals surface area contributed by atoms with Gasteiger partial charge in [-0.2, -0.15) is 0 Å². The van der Waals surface area contributed by atoms with Gasteiger partial charge in [-0.15, -0.1) is 0 Å². The average Bonchev–Trinajstić information content (AvgIpc) is 2.93. The summed E-state index contributed by atoms with van der Waals surface area (Å²) in [6.07, 6.45) is 2.34. The Bertz CT molecular complexity index is 419. The minimum atomic E-state index is -0.0108. The van der Waals surface area contributed by atoms with Crippen LogP contribution in [0.3, 0.4) is 0 Å². The van der Waals surface area contributed by atoms with Crippen LogP contribution in [0.4, 0.5) is 0 Å². The maximum absolute atomic E-state index is 5.88. The van der Waals surface area contributed by atoms with Gasteiger partial charge in [0, 0.05) is 11.4 Å². The van der Waals surface area contributed by atoms with Crippen LogP contribution >= 0.6 is 12.2 Å². The first-order chi connectivity index (χ1) is 9.40. The van der Waals surface area contributed by atoms with Crippen LogP contribution in [0.15, 0.2) is 30.3 Å². The lowest BCUT2D eigenvalue weighted by Crippen LogP contribution is -2.47. The highest BCUT2D eigenvalue weighted by Crippen LogP contribution is 2.34. The number of benzene rings is 1. The van der Waals surface area contributed by atoms with Crippen molar-refractivity contribution in [2.75, 3.05) is 19.7 Å². The van der Waals surface area contributed by atoms with Crippen molar-refractivity contribution in [1.29, 1.82) is 0 Å². The van der Waals surface area contributed by atoms with E-state index in [-0.39, 0.29) is 6.23 Å². The van der Waals surface area contributed by atoms with Gasteiger partial charge in [-0.05, 0) is 31.5 Å². The molecule has 2 aliphatic heterocycles. The highest BCUT2D eigenvalue weighted by Gasteiger charge is 2.38. The second-order valence-electron chi connectivity index (χ2n) is 5.21. The summed E-state index contributed by atoms with van der Waals surface area (Å²) in [7, 11) is 0. The Labute approximate surface area is 119 Å². The van der Waals surface area contributed by atoms with Gasteiger partial charge < -0.3 is 10.1 Å². The van der Waals surface area contributed by atoms with Gasteiger partial charge in [0.25, 0.3) is 0 Å². The van der Waals surface area contributed by atoms with Gasteiger partial charge in [0.15, 0.2) is 0 Å². The monoisotopic (exact) mass is 276 g/mol. The molecule has 2 heterocycles. The third-order valence-corrected chi connectivity index (χ3v) is 4.34. The summed E-state index contributed by atoms with van der Waals surface area (Å²) in [6.45, 7) is 2.92. The summed E-state index contributed by atoms with van der Waals surface area (Å²) >= 11 is 5.15. The minimum absolute atomic E-state index is 0.0108. The van der Waals surface area contributed by atoms with E-state index < -0.39 is 0 Å². The van der Waals surface area contributed by atoms with Crippen LogP contribution in [0.1, 0.15) is 24.4 Å². The van der Waals surface area contributed by atoms with Gasteiger partial charge >= 0.3 is 0 Å². The third kappa shape index (κ3) is 2.72. The fourth-order valence-corrected chi connectivity index (χ4v) is 3.38. The Balaban J connectivity index is 1.84. The predicted octanol–water partition coefficient (Wildman–Crippen LogP) is 2.14. The summed E-state index contributed by atoms with van der Waals surface area (Å²) in [4.78, 5) is 2.48. The molecule has 0 radical (unpaired) electrons. The number of rotatable bonds is 3. The van der Waals surface area contributed by atoms with Crippen LogP contribution in [0.2, 0.25) is 0 Å². The molecule has 19 heavy (non-hydrogen) atoms. The predicted molar refractivity (Wildman–Crippen MR) is 80.3 cm³/mol. The number of ether oxygens (including phenoxy) is 1. The molecule has 0 amide bonds. The highest BCUT2D eigenvalue weighted by atomic mass is 32.1. The van der Waals surface area contributed by atoms with E-state index >= 15 is 0 Å². The summed E-state index contributed by atoms with van der Waals surface area (Å²) in [5.74, 6) is 0. The fourth-order valence-electron chi connectivity index (χ4n) is 3.16. The lowest BCUT2D eigenvalue weighted by Gasteiger charge is -2.37. The molecular weight excluding hydrogens is 256 g/mol. The van der Waals surface area contributed by atoms with Gasteiger partial charge in [-0.3, -0.25) is 4.90 Å². The van der Waals surface area contributed by atoms with Crippen molar-refractivity contribution in [1.82, 2.24) is 10.2 Å². The number of hydrogen-bond donors (Lipinski definition) is 1. The van der Waals surface area contributed by atoms with Crippen molar-refractivity contribution in [3.8, 4) is 0 Å². The van der Waals surface area contributed by atoms with Gasteiger partial charge in [-0.1, -0.05) is 42.5 Å². The quantitative estimate of drug-likeness (QED) is 0.855. The van der Waals surface area contributed by atoms with Crippen LogP contribution in [0, 0.1) is 0 Å². The number of nitrogens with one attached hydrogen (secondary N) is 1. The molecule has 1 aromatic carbocycles. The van der Waals surface area contributed by atoms with Crippen LogP contribution in [-0.2, 0) is 4.74 Å². The molecule has 2 atom stereocenters. The van der Waals surface area contributed by atoms with Crippen molar-refractivity contribution in [2.45, 2.75) is 31.2 Å². The summed E-state index contributed by atoms with van der Waals surface area (Å²) in [5, 5.41) is 5.19. The molecular formula is C15H20N2OS. The van der Waals surface area contributed by atoms with Crippen molar-refractivity contribution in [3.05, 3.63) is 35.9 Å². The van der Waals surface area contributed by atoms with Gasteiger partial charge in [0.1, 0.15) is 6.23 Å². The number of piperidine rings is 1. The van der Waals surface area contributed by atoms with Gasteiger partial charge in [-0.25, -0.2) is 0 Å². The Hall–Kier alpha value is -0.810. The minimum Gasteiger partial charge on any atom is -0.357 e. The Morgan fingerprint density at radius 2 is 1.95 bits per heavy atom. The molecule has 4 heteroatoms. The number of thiocarbonyl (C=S) groups is 1. The summed E-state index contributed by atoms with van der Waals surface area (Å²) in [5.41, 5.74) is 1.33. The second kappa shape index (κ2) is 6.09. The second-order valence-corrected chi connectivity index (χ2v) is 5.49. The maximum atomic E-state index is 5.88. The highest BCUT2D eigenvalue weighted by molar-refractivity contribution is 7.79. The zero-order valence-corrected chi connectivity index (χ0v) is 11.8. The lowest BCUT2D eigenvalue weighted by molar-refractivity contribution is 0.0520. The summed E-state index contributed by atoms with van der Waals surface area (Å²) < 4.78 is 5.88.